The molecule has 2 unspecified atom stereocenters. The van der Waals surface area contributed by atoms with Crippen LogP contribution in [0, 0.1) is 12.8 Å². The van der Waals surface area contributed by atoms with Gasteiger partial charge >= 0.3 is 6.03 Å². The largest absolute Gasteiger partial charge is 0.366 e. The Hall–Kier alpha value is -3.79. The predicted octanol–water partition coefficient (Wildman–Crippen LogP) is 6.31. The van der Waals surface area contributed by atoms with Crippen LogP contribution in [0.4, 0.5) is 22.2 Å². The normalized spacial score (nSPS) is 20.4. The highest BCUT2D eigenvalue weighted by Crippen LogP contribution is 2.44. The van der Waals surface area contributed by atoms with Gasteiger partial charge in [-0.3, -0.25) is 4.98 Å². The molecule has 3 aliphatic rings. The van der Waals surface area contributed by atoms with Crippen LogP contribution < -0.4 is 21.3 Å². The van der Waals surface area contributed by atoms with Crippen molar-refractivity contribution < 1.29 is 4.79 Å². The zero-order chi connectivity index (χ0) is 27.1. The molecule has 0 radical (unpaired) electrons. The number of carbonyl (C=O) groups is 1. The Morgan fingerprint density at radius 1 is 0.975 bits per heavy atom. The number of thiazole rings is 1. The fourth-order valence-electron chi connectivity index (χ4n) is 5.52. The number of benzene rings is 1. The molecule has 3 aromatic heterocycles. The lowest BCUT2D eigenvalue weighted by molar-refractivity contribution is 0.248. The molecule has 1 aromatic carbocycles. The average Bonchev–Trinajstić information content (AvgIpc) is 3.87. The van der Waals surface area contributed by atoms with Crippen molar-refractivity contribution in [2.24, 2.45) is 5.92 Å². The fraction of sp³-hybridized carbons (Fsp3) is 0.433. The molecule has 206 valence electrons. The summed E-state index contributed by atoms with van der Waals surface area (Å²) >= 11 is 1.68. The molecule has 3 heterocycles. The minimum absolute atomic E-state index is 0.0923. The van der Waals surface area contributed by atoms with Gasteiger partial charge in [0.1, 0.15) is 16.3 Å². The smallest absolute Gasteiger partial charge is 0.319 e. The molecular formula is C30H34N8OS. The van der Waals surface area contributed by atoms with Crippen molar-refractivity contribution >= 4 is 45.0 Å². The highest BCUT2D eigenvalue weighted by Gasteiger charge is 2.31. The lowest BCUT2D eigenvalue weighted by atomic mass is 10.2. The summed E-state index contributed by atoms with van der Waals surface area (Å²) in [4.78, 5) is 32.2. The fourth-order valence-corrected chi connectivity index (χ4v) is 6.59. The van der Waals surface area contributed by atoms with Crippen molar-refractivity contribution in [3.8, 4) is 10.6 Å². The maximum atomic E-state index is 12.6. The van der Waals surface area contributed by atoms with Gasteiger partial charge in [0.15, 0.2) is 0 Å². The summed E-state index contributed by atoms with van der Waals surface area (Å²) in [6.45, 7) is 2.95. The molecule has 3 saturated carbocycles. The van der Waals surface area contributed by atoms with E-state index in [1.807, 2.05) is 43.5 Å². The van der Waals surface area contributed by atoms with E-state index in [1.54, 1.807) is 11.3 Å². The van der Waals surface area contributed by atoms with Gasteiger partial charge in [-0.1, -0.05) is 18.2 Å². The zero-order valence-electron chi connectivity index (χ0n) is 22.6. The van der Waals surface area contributed by atoms with E-state index in [0.717, 1.165) is 75.4 Å². The zero-order valence-corrected chi connectivity index (χ0v) is 23.4. The van der Waals surface area contributed by atoms with Gasteiger partial charge in [0, 0.05) is 36.4 Å². The number of fused-ring (bicyclic) bond motifs is 1. The Morgan fingerprint density at radius 2 is 1.80 bits per heavy atom. The van der Waals surface area contributed by atoms with Crippen molar-refractivity contribution in [3.05, 3.63) is 54.0 Å². The van der Waals surface area contributed by atoms with E-state index in [0.29, 0.717) is 11.9 Å². The first kappa shape index (κ1) is 25.2. The first-order valence-corrected chi connectivity index (χ1v) is 15.2. The highest BCUT2D eigenvalue weighted by molar-refractivity contribution is 7.21. The van der Waals surface area contributed by atoms with Gasteiger partial charge in [-0.2, -0.15) is 4.98 Å². The Morgan fingerprint density at radius 3 is 2.60 bits per heavy atom. The molecule has 3 fully saturated rings. The molecular weight excluding hydrogens is 520 g/mol. The minimum atomic E-state index is -0.170. The number of rotatable bonds is 9. The number of nitrogens with zero attached hydrogens (tertiary/aromatic N) is 4. The SMILES string of the molecule is Cc1nc(NCC2CC2)nc(NC2CCC(NC(=O)Nc3ccccc3)C2)c1-c1nc2c(C3CC3)nccc2s1. The van der Waals surface area contributed by atoms with Gasteiger partial charge in [0.05, 0.1) is 21.7 Å². The van der Waals surface area contributed by atoms with Crippen LogP contribution in [0.3, 0.4) is 0 Å². The predicted molar refractivity (Wildman–Crippen MR) is 160 cm³/mol. The Labute approximate surface area is 237 Å². The van der Waals surface area contributed by atoms with Gasteiger partial charge in [0.2, 0.25) is 5.95 Å². The van der Waals surface area contributed by atoms with Gasteiger partial charge in [-0.25, -0.2) is 14.8 Å². The molecule has 0 aliphatic heterocycles. The molecule has 2 atom stereocenters. The van der Waals surface area contributed by atoms with E-state index in [4.69, 9.17) is 15.0 Å². The van der Waals surface area contributed by atoms with Crippen LogP contribution in [0.15, 0.2) is 42.6 Å². The van der Waals surface area contributed by atoms with E-state index in [9.17, 15) is 4.79 Å². The number of anilines is 3. The summed E-state index contributed by atoms with van der Waals surface area (Å²) in [5, 5.41) is 14.2. The molecule has 9 nitrogen and oxygen atoms in total. The van der Waals surface area contributed by atoms with Crippen LogP contribution in [0.5, 0.6) is 0 Å². The third-order valence-corrected chi connectivity index (χ3v) is 9.03. The number of amides is 2. The van der Waals surface area contributed by atoms with Crippen molar-refractivity contribution in [3.63, 3.8) is 0 Å². The summed E-state index contributed by atoms with van der Waals surface area (Å²) in [7, 11) is 0. The standard InChI is InChI=1S/C30H34N8OS/c1-17-24(28-37-26-23(40-28)13-14-31-25(26)19-9-10-19)27(38-29(33-17)32-16-18-7-8-18)34-21-11-12-22(15-21)36-30(39)35-20-5-3-2-4-6-20/h2-6,13-14,18-19,21-22H,7-12,15-16H2,1H3,(H2,35,36,39)(H2,32,33,34,38). The second-order valence-corrected chi connectivity index (χ2v) is 12.4. The van der Waals surface area contributed by atoms with E-state index >= 15 is 0 Å². The second kappa shape index (κ2) is 10.6. The van der Waals surface area contributed by atoms with Gasteiger partial charge in [0.25, 0.3) is 0 Å². The van der Waals surface area contributed by atoms with Crippen LogP contribution >= 0.6 is 11.3 Å². The molecule has 0 spiro atoms. The van der Waals surface area contributed by atoms with Gasteiger partial charge < -0.3 is 21.3 Å². The van der Waals surface area contributed by atoms with Crippen LogP contribution in [0.1, 0.15) is 62.3 Å². The first-order chi connectivity index (χ1) is 19.6. The number of hydrogen-bond acceptors (Lipinski definition) is 8. The van der Waals surface area contributed by atoms with Crippen LogP contribution in [-0.2, 0) is 0 Å². The quantitative estimate of drug-likeness (QED) is 0.192. The van der Waals surface area contributed by atoms with Crippen LogP contribution in [-0.4, -0.2) is 44.6 Å². The molecule has 3 aliphatic carbocycles. The summed E-state index contributed by atoms with van der Waals surface area (Å²) in [6.07, 6.45) is 9.50. The first-order valence-electron chi connectivity index (χ1n) is 14.4. The number of hydrogen-bond donors (Lipinski definition) is 4. The molecule has 4 aromatic rings. The van der Waals surface area contributed by atoms with Gasteiger partial charge in [-0.05, 0) is 76.0 Å². The molecule has 40 heavy (non-hydrogen) atoms. The summed E-state index contributed by atoms with van der Waals surface area (Å²) in [5.74, 6) is 2.73. The van der Waals surface area contributed by atoms with E-state index in [-0.39, 0.29) is 18.1 Å². The average molecular weight is 555 g/mol. The van der Waals surface area contributed by atoms with E-state index in [2.05, 4.69) is 32.3 Å². The molecule has 7 rings (SSSR count). The van der Waals surface area contributed by atoms with Crippen molar-refractivity contribution in [2.45, 2.75) is 69.9 Å². The Kier molecular flexibility index (Phi) is 6.71. The lowest BCUT2D eigenvalue weighted by Crippen LogP contribution is -2.37. The van der Waals surface area contributed by atoms with Crippen molar-refractivity contribution in [2.75, 3.05) is 22.5 Å². The number of para-hydroxylation sites is 1. The molecule has 0 bridgehead atoms. The molecule has 4 N–H and O–H groups in total. The second-order valence-electron chi connectivity index (χ2n) is 11.3. The van der Waals surface area contributed by atoms with Gasteiger partial charge in [-0.15, -0.1) is 11.3 Å². The third-order valence-electron chi connectivity index (χ3n) is 7.99. The maximum absolute atomic E-state index is 12.6. The van der Waals surface area contributed by atoms with Crippen LogP contribution in [0.25, 0.3) is 20.8 Å². The Bertz CT molecular complexity index is 1530. The Balaban J connectivity index is 1.12. The molecule has 2 amide bonds. The molecule has 0 saturated heterocycles. The summed E-state index contributed by atoms with van der Waals surface area (Å²) < 4.78 is 1.16. The number of urea groups is 1. The number of nitrogens with one attached hydrogen (secondary N) is 4. The highest BCUT2D eigenvalue weighted by atomic mass is 32.1. The van der Waals surface area contributed by atoms with Crippen LogP contribution in [0.2, 0.25) is 0 Å². The number of carbonyl (C=O) groups excluding carboxylic acids is 1. The monoisotopic (exact) mass is 554 g/mol. The van der Waals surface area contributed by atoms with E-state index < -0.39 is 0 Å². The third kappa shape index (κ3) is 5.58. The number of aromatic nitrogens is 4. The van der Waals surface area contributed by atoms with Crippen molar-refractivity contribution in [1.82, 2.24) is 25.3 Å². The minimum Gasteiger partial charge on any atom is -0.366 e. The van der Waals surface area contributed by atoms with Crippen molar-refractivity contribution in [1.29, 1.82) is 0 Å². The maximum Gasteiger partial charge on any atom is 0.319 e. The summed E-state index contributed by atoms with van der Waals surface area (Å²) in [5.41, 5.74) is 4.79. The number of pyridine rings is 1. The topological polar surface area (TPSA) is 117 Å². The van der Waals surface area contributed by atoms with E-state index in [1.165, 1.54) is 25.7 Å². The summed E-state index contributed by atoms with van der Waals surface area (Å²) in [6, 6.07) is 11.7. The lowest BCUT2D eigenvalue weighted by Gasteiger charge is -2.19. The molecule has 10 heteroatoms. The number of aryl methyl sites for hydroxylation is 1.